The zero-order valence-corrected chi connectivity index (χ0v) is 13.4. The third kappa shape index (κ3) is 1.94. The molecule has 22 heavy (non-hydrogen) atoms. The van der Waals surface area contributed by atoms with Gasteiger partial charge in [0, 0.05) is 18.9 Å². The maximum Gasteiger partial charge on any atom is 0.224 e. The van der Waals surface area contributed by atoms with Gasteiger partial charge in [-0.3, -0.25) is 4.79 Å². The average Bonchev–Trinajstić information content (AvgIpc) is 2.95. The predicted octanol–water partition coefficient (Wildman–Crippen LogP) is 1.95. The van der Waals surface area contributed by atoms with Crippen LogP contribution in [0.5, 0.6) is 0 Å². The van der Waals surface area contributed by atoms with Crippen molar-refractivity contribution in [1.29, 1.82) is 0 Å². The largest absolute Gasteiger partial charge is 0.349 e. The van der Waals surface area contributed by atoms with Gasteiger partial charge < -0.3 is 9.88 Å². The molecular formula is C17H24N4O. The van der Waals surface area contributed by atoms with E-state index in [-0.39, 0.29) is 17.9 Å². The van der Waals surface area contributed by atoms with Crippen LogP contribution in [-0.2, 0) is 17.8 Å². The number of carbonyl (C=O) groups is 1. The van der Waals surface area contributed by atoms with E-state index in [2.05, 4.69) is 35.9 Å². The minimum atomic E-state index is 0.0239. The van der Waals surface area contributed by atoms with Gasteiger partial charge >= 0.3 is 0 Å². The molecule has 2 unspecified atom stereocenters. The van der Waals surface area contributed by atoms with E-state index in [0.717, 1.165) is 31.1 Å². The Morgan fingerprint density at radius 1 is 1.45 bits per heavy atom. The van der Waals surface area contributed by atoms with Gasteiger partial charge in [0.1, 0.15) is 12.2 Å². The number of rotatable bonds is 2. The predicted molar refractivity (Wildman–Crippen MR) is 82.9 cm³/mol. The van der Waals surface area contributed by atoms with Gasteiger partial charge in [-0.2, -0.15) is 0 Å². The third-order valence-corrected chi connectivity index (χ3v) is 6.42. The monoisotopic (exact) mass is 300 g/mol. The number of nitrogens with one attached hydrogen (secondary N) is 1. The lowest BCUT2D eigenvalue weighted by molar-refractivity contribution is -0.127. The molecule has 5 nitrogen and oxygen atoms in total. The molecule has 0 aromatic carbocycles. The molecule has 3 aliphatic carbocycles. The number of amides is 1. The van der Waals surface area contributed by atoms with Gasteiger partial charge in [-0.05, 0) is 36.5 Å². The first kappa shape index (κ1) is 14.0. The summed E-state index contributed by atoms with van der Waals surface area (Å²) in [7, 11) is 0. The van der Waals surface area contributed by atoms with Crippen molar-refractivity contribution in [1.82, 2.24) is 20.1 Å². The second-order valence-electron chi connectivity index (χ2n) is 7.81. The van der Waals surface area contributed by atoms with Crippen LogP contribution in [0.2, 0.25) is 0 Å². The van der Waals surface area contributed by atoms with E-state index < -0.39 is 0 Å². The molecule has 4 atom stereocenters. The summed E-state index contributed by atoms with van der Waals surface area (Å²) < 4.78 is 2.04. The van der Waals surface area contributed by atoms with Crippen molar-refractivity contribution in [2.45, 2.75) is 52.1 Å². The van der Waals surface area contributed by atoms with E-state index in [1.165, 1.54) is 12.0 Å². The van der Waals surface area contributed by atoms with Gasteiger partial charge in [0.25, 0.3) is 0 Å². The molecular weight excluding hydrogens is 276 g/mol. The van der Waals surface area contributed by atoms with E-state index in [9.17, 15) is 4.79 Å². The Kier molecular flexibility index (Phi) is 2.97. The van der Waals surface area contributed by atoms with Crippen LogP contribution in [0.3, 0.4) is 0 Å². The standard InChI is InChI=1S/C17H24N4O/c1-10-13-7-12(17(13,2)3)8-14(10)19-16(22)11-4-5-21-9-18-20-15(21)6-11/h9,11-14H,1,4-8H2,2-3H3,(H,19,22)/t11?,12-,13+,14?/m1/s1. The number of hydrogen-bond acceptors (Lipinski definition) is 3. The fraction of sp³-hybridized carbons (Fsp3) is 0.706. The first-order chi connectivity index (χ1) is 10.5. The molecule has 3 fully saturated rings. The number of nitrogens with zero attached hydrogens (tertiary/aromatic N) is 3. The van der Waals surface area contributed by atoms with Gasteiger partial charge in [0.05, 0.1) is 6.04 Å². The number of hydrogen-bond donors (Lipinski definition) is 1. The first-order valence-electron chi connectivity index (χ1n) is 8.32. The quantitative estimate of drug-likeness (QED) is 0.849. The molecule has 0 spiro atoms. The van der Waals surface area contributed by atoms with E-state index >= 15 is 0 Å². The number of aromatic nitrogens is 3. The molecule has 118 valence electrons. The molecule has 1 aromatic rings. The summed E-state index contributed by atoms with van der Waals surface area (Å²) in [5.41, 5.74) is 1.61. The summed E-state index contributed by atoms with van der Waals surface area (Å²) in [6.45, 7) is 9.81. The third-order valence-electron chi connectivity index (χ3n) is 6.42. The van der Waals surface area contributed by atoms with E-state index in [0.29, 0.717) is 17.8 Å². The smallest absolute Gasteiger partial charge is 0.224 e. The summed E-state index contributed by atoms with van der Waals surface area (Å²) in [5.74, 6) is 2.42. The molecule has 3 saturated carbocycles. The van der Waals surface area contributed by atoms with Crippen LogP contribution >= 0.6 is 0 Å². The number of carbonyl (C=O) groups excluding carboxylic acids is 1. The van der Waals surface area contributed by atoms with Crippen molar-refractivity contribution < 1.29 is 4.79 Å². The van der Waals surface area contributed by atoms with Crippen molar-refractivity contribution in [3.8, 4) is 0 Å². The second-order valence-corrected chi connectivity index (χ2v) is 7.81. The first-order valence-corrected chi connectivity index (χ1v) is 8.32. The SMILES string of the molecule is C=C1C(NC(=O)C2CCn3cnnc3C2)C[C@H]2C[C@@H]1C2(C)C. The van der Waals surface area contributed by atoms with Crippen LogP contribution in [0.4, 0.5) is 0 Å². The minimum Gasteiger partial charge on any atom is -0.349 e. The lowest BCUT2D eigenvalue weighted by atomic mass is 9.46. The molecule has 5 heteroatoms. The Morgan fingerprint density at radius 3 is 3.00 bits per heavy atom. The lowest BCUT2D eigenvalue weighted by Gasteiger charge is -2.60. The Hall–Kier alpha value is -1.65. The zero-order valence-electron chi connectivity index (χ0n) is 13.4. The normalized spacial score (nSPS) is 35.5. The molecule has 1 amide bonds. The number of aryl methyl sites for hydroxylation is 1. The molecule has 4 aliphatic rings. The molecule has 0 saturated heterocycles. The number of fused-ring (bicyclic) bond motifs is 3. The Bertz CT molecular complexity index is 632. The molecule has 0 radical (unpaired) electrons. The van der Waals surface area contributed by atoms with Crippen LogP contribution in [0.25, 0.3) is 0 Å². The Labute approximate surface area is 131 Å². The van der Waals surface area contributed by atoms with Crippen molar-refractivity contribution in [3.63, 3.8) is 0 Å². The molecule has 1 N–H and O–H groups in total. The van der Waals surface area contributed by atoms with Gasteiger partial charge in [-0.25, -0.2) is 0 Å². The van der Waals surface area contributed by atoms with E-state index in [4.69, 9.17) is 0 Å². The highest BCUT2D eigenvalue weighted by atomic mass is 16.2. The van der Waals surface area contributed by atoms with Gasteiger partial charge in [-0.1, -0.05) is 26.0 Å². The van der Waals surface area contributed by atoms with Crippen molar-refractivity contribution in [2.24, 2.45) is 23.2 Å². The summed E-state index contributed by atoms with van der Waals surface area (Å²) in [4.78, 5) is 12.6. The van der Waals surface area contributed by atoms with Gasteiger partial charge in [-0.15, -0.1) is 10.2 Å². The maximum atomic E-state index is 12.6. The van der Waals surface area contributed by atoms with Gasteiger partial charge in [0.15, 0.2) is 0 Å². The van der Waals surface area contributed by atoms with Crippen molar-refractivity contribution in [2.75, 3.05) is 0 Å². The summed E-state index contributed by atoms with van der Waals surface area (Å²) in [6, 6.07) is 0.170. The highest BCUT2D eigenvalue weighted by Gasteiger charge is 2.55. The second kappa shape index (κ2) is 4.67. The molecule has 2 heterocycles. The van der Waals surface area contributed by atoms with Crippen LogP contribution in [-0.4, -0.2) is 26.7 Å². The van der Waals surface area contributed by atoms with Crippen molar-refractivity contribution >= 4 is 5.91 Å². The van der Waals surface area contributed by atoms with Crippen LogP contribution in [0.15, 0.2) is 18.5 Å². The molecule has 1 aromatic heterocycles. The highest BCUT2D eigenvalue weighted by Crippen LogP contribution is 2.60. The highest BCUT2D eigenvalue weighted by molar-refractivity contribution is 5.79. The van der Waals surface area contributed by atoms with E-state index in [1.807, 2.05) is 4.57 Å². The summed E-state index contributed by atoms with van der Waals surface area (Å²) in [5, 5.41) is 11.3. The summed E-state index contributed by atoms with van der Waals surface area (Å²) >= 11 is 0. The van der Waals surface area contributed by atoms with Crippen LogP contribution in [0.1, 0.15) is 38.9 Å². The molecule has 5 rings (SSSR count). The Balaban J connectivity index is 1.40. The maximum absolute atomic E-state index is 12.6. The zero-order chi connectivity index (χ0) is 15.5. The average molecular weight is 300 g/mol. The van der Waals surface area contributed by atoms with Crippen LogP contribution in [0, 0.1) is 23.2 Å². The Morgan fingerprint density at radius 2 is 2.27 bits per heavy atom. The summed E-state index contributed by atoms with van der Waals surface area (Å²) in [6.07, 6.45) is 5.63. The minimum absolute atomic E-state index is 0.0239. The lowest BCUT2D eigenvalue weighted by Crippen LogP contribution is -2.58. The van der Waals surface area contributed by atoms with Crippen LogP contribution < -0.4 is 5.32 Å². The van der Waals surface area contributed by atoms with Gasteiger partial charge in [0.2, 0.25) is 5.91 Å². The van der Waals surface area contributed by atoms with E-state index in [1.54, 1.807) is 6.33 Å². The molecule has 1 aliphatic heterocycles. The van der Waals surface area contributed by atoms with Crippen molar-refractivity contribution in [3.05, 3.63) is 24.3 Å². The molecule has 2 bridgehead atoms. The fourth-order valence-electron chi connectivity index (χ4n) is 4.63. The topological polar surface area (TPSA) is 59.8 Å². The fourth-order valence-corrected chi connectivity index (χ4v) is 4.63.